The first-order valence-corrected chi connectivity index (χ1v) is 9.62. The van der Waals surface area contributed by atoms with Crippen LogP contribution in [0.4, 0.5) is 0 Å². The Morgan fingerprint density at radius 2 is 1.92 bits per heavy atom. The molecule has 0 aliphatic rings. The molecule has 0 saturated carbocycles. The van der Waals surface area contributed by atoms with Crippen LogP contribution < -0.4 is 14.8 Å². The molecule has 0 heterocycles. The van der Waals surface area contributed by atoms with Crippen molar-refractivity contribution in [2.75, 3.05) is 20.2 Å². The number of halogens is 1. The Labute approximate surface area is 157 Å². The summed E-state index contributed by atoms with van der Waals surface area (Å²) in [6, 6.07) is 13.2. The number of sulfonamides is 1. The van der Waals surface area contributed by atoms with Crippen LogP contribution in [0.2, 0.25) is 5.02 Å². The number of carbonyl (C=O) groups excluding carboxylic acids is 1. The maximum Gasteiger partial charge on any atom is 0.244 e. The Morgan fingerprint density at radius 1 is 1.15 bits per heavy atom. The zero-order chi connectivity index (χ0) is 19.0. The molecule has 2 aromatic rings. The summed E-state index contributed by atoms with van der Waals surface area (Å²) >= 11 is 5.79. The van der Waals surface area contributed by atoms with Crippen molar-refractivity contribution < 1.29 is 17.9 Å². The predicted molar refractivity (Wildman–Crippen MR) is 102 cm³/mol. The lowest BCUT2D eigenvalue weighted by Crippen LogP contribution is -2.34. The van der Waals surface area contributed by atoms with Crippen LogP contribution in [-0.4, -0.2) is 34.5 Å². The van der Waals surface area contributed by atoms with Gasteiger partial charge in [0, 0.05) is 29.8 Å². The summed E-state index contributed by atoms with van der Waals surface area (Å²) in [5.41, 5.74) is 0.770. The molecular formula is C18H19ClN2O4S. The molecule has 138 valence electrons. The quantitative estimate of drug-likeness (QED) is 0.532. The maximum atomic E-state index is 12.1. The Hall–Kier alpha value is -2.35. The minimum Gasteiger partial charge on any atom is -0.496 e. The Kier molecular flexibility index (Phi) is 7.20. The highest BCUT2D eigenvalue weighted by Gasteiger charge is 2.13. The monoisotopic (exact) mass is 394 g/mol. The van der Waals surface area contributed by atoms with E-state index in [1.165, 1.54) is 18.2 Å². The van der Waals surface area contributed by atoms with Gasteiger partial charge in [0.25, 0.3) is 0 Å². The van der Waals surface area contributed by atoms with Gasteiger partial charge in [-0.1, -0.05) is 35.9 Å². The number of rotatable bonds is 8. The van der Waals surface area contributed by atoms with Crippen molar-refractivity contribution in [3.8, 4) is 5.75 Å². The van der Waals surface area contributed by atoms with Crippen molar-refractivity contribution in [1.29, 1.82) is 0 Å². The average Bonchev–Trinajstić information content (AvgIpc) is 2.64. The second-order valence-corrected chi connectivity index (χ2v) is 7.42. The van der Waals surface area contributed by atoms with E-state index in [0.29, 0.717) is 10.8 Å². The fourth-order valence-corrected chi connectivity index (χ4v) is 3.45. The molecule has 0 aromatic heterocycles. The molecule has 1 amide bonds. The molecule has 0 bridgehead atoms. The second-order valence-electron chi connectivity index (χ2n) is 5.22. The lowest BCUT2D eigenvalue weighted by molar-refractivity contribution is -0.116. The normalized spacial score (nSPS) is 11.5. The molecule has 0 unspecified atom stereocenters. The average molecular weight is 395 g/mol. The van der Waals surface area contributed by atoms with Crippen LogP contribution in [0.1, 0.15) is 5.56 Å². The van der Waals surface area contributed by atoms with Crippen molar-refractivity contribution in [2.45, 2.75) is 4.90 Å². The largest absolute Gasteiger partial charge is 0.496 e. The molecule has 2 N–H and O–H groups in total. The number of hydrogen-bond donors (Lipinski definition) is 2. The minimum atomic E-state index is -3.67. The number of carbonyl (C=O) groups is 1. The van der Waals surface area contributed by atoms with E-state index in [4.69, 9.17) is 16.3 Å². The summed E-state index contributed by atoms with van der Waals surface area (Å²) in [6.45, 7) is 0.206. The van der Waals surface area contributed by atoms with Gasteiger partial charge < -0.3 is 10.1 Å². The number of methoxy groups -OCH3 is 1. The van der Waals surface area contributed by atoms with Crippen molar-refractivity contribution in [1.82, 2.24) is 10.0 Å². The van der Waals surface area contributed by atoms with E-state index in [9.17, 15) is 13.2 Å². The van der Waals surface area contributed by atoms with Gasteiger partial charge in [-0.05, 0) is 30.3 Å². The fourth-order valence-electron chi connectivity index (χ4n) is 2.12. The summed E-state index contributed by atoms with van der Waals surface area (Å²) in [5, 5.41) is 2.94. The van der Waals surface area contributed by atoms with Crippen LogP contribution in [-0.2, 0) is 14.8 Å². The van der Waals surface area contributed by atoms with E-state index < -0.39 is 10.0 Å². The molecule has 0 aliphatic heterocycles. The standard InChI is InChI=1S/C18H19ClN2O4S/c1-25-17-8-3-2-5-14(17)9-10-18(22)20-11-12-21-26(23,24)16-7-4-6-15(19)13-16/h2-10,13,21H,11-12H2,1H3,(H,20,22)/b10-9+. The van der Waals surface area contributed by atoms with E-state index in [-0.39, 0.29) is 23.9 Å². The van der Waals surface area contributed by atoms with E-state index in [1.54, 1.807) is 31.4 Å². The number of ether oxygens (including phenoxy) is 1. The zero-order valence-electron chi connectivity index (χ0n) is 14.1. The lowest BCUT2D eigenvalue weighted by Gasteiger charge is -2.07. The van der Waals surface area contributed by atoms with E-state index >= 15 is 0 Å². The van der Waals surface area contributed by atoms with Gasteiger partial charge in [-0.3, -0.25) is 4.79 Å². The topological polar surface area (TPSA) is 84.5 Å². The van der Waals surface area contributed by atoms with Crippen LogP contribution in [0.15, 0.2) is 59.5 Å². The van der Waals surface area contributed by atoms with Crippen molar-refractivity contribution in [2.24, 2.45) is 0 Å². The van der Waals surface area contributed by atoms with Crippen LogP contribution in [0.25, 0.3) is 6.08 Å². The van der Waals surface area contributed by atoms with Gasteiger partial charge in [0.2, 0.25) is 15.9 Å². The van der Waals surface area contributed by atoms with Gasteiger partial charge >= 0.3 is 0 Å². The summed E-state index contributed by atoms with van der Waals surface area (Å²) in [5.74, 6) is 0.323. The SMILES string of the molecule is COc1ccccc1/C=C/C(=O)NCCNS(=O)(=O)c1cccc(Cl)c1. The van der Waals surface area contributed by atoms with Gasteiger partial charge in [-0.15, -0.1) is 0 Å². The highest BCUT2D eigenvalue weighted by molar-refractivity contribution is 7.89. The number of amides is 1. The Morgan fingerprint density at radius 3 is 2.65 bits per heavy atom. The molecule has 0 atom stereocenters. The smallest absolute Gasteiger partial charge is 0.244 e. The summed E-state index contributed by atoms with van der Waals surface area (Å²) in [4.78, 5) is 11.9. The molecule has 26 heavy (non-hydrogen) atoms. The number of para-hydroxylation sites is 1. The first-order chi connectivity index (χ1) is 12.4. The van der Waals surface area contributed by atoms with Crippen LogP contribution in [0, 0.1) is 0 Å². The van der Waals surface area contributed by atoms with Crippen molar-refractivity contribution in [3.05, 3.63) is 65.2 Å². The van der Waals surface area contributed by atoms with Gasteiger partial charge in [-0.2, -0.15) is 0 Å². The van der Waals surface area contributed by atoms with E-state index in [2.05, 4.69) is 10.0 Å². The first kappa shape index (κ1) is 20.0. The third kappa shape index (κ3) is 5.87. The van der Waals surface area contributed by atoms with E-state index in [1.807, 2.05) is 18.2 Å². The molecular weight excluding hydrogens is 376 g/mol. The number of benzene rings is 2. The molecule has 2 rings (SSSR count). The van der Waals surface area contributed by atoms with Crippen LogP contribution in [0.3, 0.4) is 0 Å². The van der Waals surface area contributed by atoms with Crippen LogP contribution in [0.5, 0.6) is 5.75 Å². The molecule has 0 fully saturated rings. The summed E-state index contributed by atoms with van der Waals surface area (Å²) in [6.07, 6.45) is 2.99. The molecule has 6 nitrogen and oxygen atoms in total. The molecule has 0 spiro atoms. The van der Waals surface area contributed by atoms with Crippen molar-refractivity contribution in [3.63, 3.8) is 0 Å². The number of hydrogen-bond acceptors (Lipinski definition) is 4. The lowest BCUT2D eigenvalue weighted by atomic mass is 10.2. The van der Waals surface area contributed by atoms with Gasteiger partial charge in [0.05, 0.1) is 12.0 Å². The Bertz CT molecular complexity index is 898. The highest BCUT2D eigenvalue weighted by atomic mass is 35.5. The minimum absolute atomic E-state index is 0.0586. The Balaban J connectivity index is 1.82. The third-order valence-electron chi connectivity index (χ3n) is 3.38. The van der Waals surface area contributed by atoms with Gasteiger partial charge in [-0.25, -0.2) is 13.1 Å². The molecule has 2 aromatic carbocycles. The van der Waals surface area contributed by atoms with Gasteiger partial charge in [0.1, 0.15) is 5.75 Å². The second kappa shape index (κ2) is 9.38. The van der Waals surface area contributed by atoms with Gasteiger partial charge in [0.15, 0.2) is 0 Å². The molecule has 0 saturated heterocycles. The van der Waals surface area contributed by atoms with Crippen molar-refractivity contribution >= 4 is 33.6 Å². The highest BCUT2D eigenvalue weighted by Crippen LogP contribution is 2.18. The predicted octanol–water partition coefficient (Wildman–Crippen LogP) is 2.46. The van der Waals surface area contributed by atoms with E-state index in [0.717, 1.165) is 5.56 Å². The molecule has 0 aliphatic carbocycles. The first-order valence-electron chi connectivity index (χ1n) is 7.76. The summed E-state index contributed by atoms with van der Waals surface area (Å²) < 4.78 is 31.8. The number of nitrogens with one attached hydrogen (secondary N) is 2. The third-order valence-corrected chi connectivity index (χ3v) is 5.07. The summed E-state index contributed by atoms with van der Waals surface area (Å²) in [7, 11) is -2.11. The molecule has 0 radical (unpaired) electrons. The van der Waals surface area contributed by atoms with Crippen LogP contribution >= 0.6 is 11.6 Å². The molecule has 8 heteroatoms. The zero-order valence-corrected chi connectivity index (χ0v) is 15.7. The maximum absolute atomic E-state index is 12.1. The fraction of sp³-hybridized carbons (Fsp3) is 0.167.